The van der Waals surface area contributed by atoms with Crippen molar-refractivity contribution in [3.05, 3.63) is 35.4 Å². The molecule has 0 heterocycles. The first kappa shape index (κ1) is 11.0. The third kappa shape index (κ3) is 2.78. The standard InChI is InChI=1S/C12H12F2NO/c13-11-4-5-12(14)10(6-11)8-16-15-7-9-2-1-3-9/h4-6,9H,1-3,8H2. The van der Waals surface area contributed by atoms with Crippen LogP contribution in [0.25, 0.3) is 0 Å². The Morgan fingerprint density at radius 1 is 1.38 bits per heavy atom. The van der Waals surface area contributed by atoms with Gasteiger partial charge in [0.1, 0.15) is 24.5 Å². The summed E-state index contributed by atoms with van der Waals surface area (Å²) in [6, 6.07) is 3.25. The third-order valence-corrected chi connectivity index (χ3v) is 2.63. The van der Waals surface area contributed by atoms with Gasteiger partial charge in [0.15, 0.2) is 0 Å². The molecule has 16 heavy (non-hydrogen) atoms. The van der Waals surface area contributed by atoms with Crippen molar-refractivity contribution in [1.82, 2.24) is 0 Å². The lowest BCUT2D eigenvalue weighted by Gasteiger charge is -2.18. The molecule has 0 amide bonds. The minimum Gasteiger partial charge on any atom is -0.391 e. The molecular formula is C12H12F2NO. The van der Waals surface area contributed by atoms with Gasteiger partial charge in [-0.1, -0.05) is 11.6 Å². The molecule has 1 aliphatic rings. The highest BCUT2D eigenvalue weighted by molar-refractivity contribution is 5.60. The summed E-state index contributed by atoms with van der Waals surface area (Å²) in [4.78, 5) is 4.87. The van der Waals surface area contributed by atoms with Gasteiger partial charge in [0.2, 0.25) is 0 Å². The number of nitrogens with zero attached hydrogens (tertiary/aromatic N) is 1. The molecule has 1 aromatic rings. The number of benzene rings is 1. The van der Waals surface area contributed by atoms with Crippen molar-refractivity contribution in [3.8, 4) is 0 Å². The van der Waals surface area contributed by atoms with Crippen LogP contribution in [0, 0.1) is 17.6 Å². The summed E-state index contributed by atoms with van der Waals surface area (Å²) in [6.07, 6.45) is 6.18. The molecule has 0 N–H and O–H groups in total. The van der Waals surface area contributed by atoms with Crippen molar-refractivity contribution in [1.29, 1.82) is 0 Å². The van der Waals surface area contributed by atoms with Gasteiger partial charge in [0.05, 0.1) is 0 Å². The first-order chi connectivity index (χ1) is 7.75. The molecule has 2 nitrogen and oxygen atoms in total. The van der Waals surface area contributed by atoms with Crippen LogP contribution in [0.15, 0.2) is 23.4 Å². The highest BCUT2D eigenvalue weighted by atomic mass is 19.1. The average molecular weight is 224 g/mol. The molecule has 2 rings (SSSR count). The molecular weight excluding hydrogens is 212 g/mol. The Hall–Kier alpha value is -1.45. The van der Waals surface area contributed by atoms with Crippen molar-refractivity contribution in [2.75, 3.05) is 0 Å². The highest BCUT2D eigenvalue weighted by Gasteiger charge is 2.15. The summed E-state index contributed by atoms with van der Waals surface area (Å²) in [5, 5.41) is 3.62. The predicted molar refractivity (Wildman–Crippen MR) is 55.9 cm³/mol. The lowest BCUT2D eigenvalue weighted by molar-refractivity contribution is 0.126. The molecule has 0 aromatic heterocycles. The van der Waals surface area contributed by atoms with Crippen molar-refractivity contribution in [2.24, 2.45) is 11.1 Å². The second-order valence-corrected chi connectivity index (χ2v) is 3.86. The van der Waals surface area contributed by atoms with E-state index in [9.17, 15) is 8.78 Å². The number of hydrogen-bond donors (Lipinski definition) is 0. The fourth-order valence-corrected chi connectivity index (χ4v) is 1.40. The minimum absolute atomic E-state index is 0.0662. The van der Waals surface area contributed by atoms with Crippen LogP contribution in [0.2, 0.25) is 0 Å². The maximum Gasteiger partial charge on any atom is 0.145 e. The smallest absolute Gasteiger partial charge is 0.145 e. The molecule has 1 radical (unpaired) electrons. The van der Waals surface area contributed by atoms with Crippen molar-refractivity contribution in [2.45, 2.75) is 25.9 Å². The summed E-state index contributed by atoms with van der Waals surface area (Å²) in [5.74, 6) is -0.593. The van der Waals surface area contributed by atoms with Crippen LogP contribution in [-0.2, 0) is 11.4 Å². The van der Waals surface area contributed by atoms with E-state index in [1.807, 2.05) is 0 Å². The summed E-state index contributed by atoms with van der Waals surface area (Å²) in [7, 11) is 0. The maximum atomic E-state index is 13.1. The largest absolute Gasteiger partial charge is 0.391 e. The average Bonchev–Trinajstić information content (AvgIpc) is 2.20. The van der Waals surface area contributed by atoms with E-state index >= 15 is 0 Å². The van der Waals surface area contributed by atoms with Gasteiger partial charge in [0, 0.05) is 11.5 Å². The van der Waals surface area contributed by atoms with Crippen molar-refractivity contribution in [3.63, 3.8) is 0 Å². The van der Waals surface area contributed by atoms with E-state index in [0.29, 0.717) is 5.92 Å². The van der Waals surface area contributed by atoms with Gasteiger partial charge in [-0.3, -0.25) is 0 Å². The van der Waals surface area contributed by atoms with Gasteiger partial charge in [-0.25, -0.2) is 8.78 Å². The molecule has 0 aliphatic heterocycles. The normalized spacial score (nSPS) is 16.4. The van der Waals surface area contributed by atoms with Gasteiger partial charge in [-0.05, 0) is 31.0 Å². The van der Waals surface area contributed by atoms with Crippen LogP contribution in [0.5, 0.6) is 0 Å². The van der Waals surface area contributed by atoms with Crippen molar-refractivity contribution < 1.29 is 13.6 Å². The molecule has 0 bridgehead atoms. The molecule has 0 unspecified atom stereocenters. The van der Waals surface area contributed by atoms with E-state index < -0.39 is 11.6 Å². The fourth-order valence-electron chi connectivity index (χ4n) is 1.40. The zero-order valence-corrected chi connectivity index (χ0v) is 8.75. The van der Waals surface area contributed by atoms with Crippen LogP contribution >= 0.6 is 0 Å². The second kappa shape index (κ2) is 5.05. The number of halogens is 2. The molecule has 1 aliphatic carbocycles. The Morgan fingerprint density at radius 3 is 2.88 bits per heavy atom. The Morgan fingerprint density at radius 2 is 2.19 bits per heavy atom. The van der Waals surface area contributed by atoms with E-state index in [2.05, 4.69) is 11.4 Å². The zero-order valence-electron chi connectivity index (χ0n) is 8.75. The number of hydrogen-bond acceptors (Lipinski definition) is 2. The number of rotatable bonds is 4. The van der Waals surface area contributed by atoms with Gasteiger partial charge in [-0.15, -0.1) is 0 Å². The van der Waals surface area contributed by atoms with Crippen LogP contribution in [0.4, 0.5) is 8.78 Å². The zero-order chi connectivity index (χ0) is 11.4. The van der Waals surface area contributed by atoms with Crippen LogP contribution in [0.1, 0.15) is 24.8 Å². The van der Waals surface area contributed by atoms with E-state index in [1.54, 1.807) is 0 Å². The summed E-state index contributed by atoms with van der Waals surface area (Å²) in [6.45, 7) is -0.0662. The second-order valence-electron chi connectivity index (χ2n) is 3.86. The van der Waals surface area contributed by atoms with Gasteiger partial charge in [0.25, 0.3) is 0 Å². The molecule has 0 spiro atoms. The summed E-state index contributed by atoms with van der Waals surface area (Å²) in [5.41, 5.74) is 0.166. The third-order valence-electron chi connectivity index (χ3n) is 2.63. The van der Waals surface area contributed by atoms with Crippen LogP contribution in [0.3, 0.4) is 0 Å². The van der Waals surface area contributed by atoms with E-state index in [-0.39, 0.29) is 12.2 Å². The Kier molecular flexibility index (Phi) is 3.49. The fraction of sp³-hybridized carbons (Fsp3) is 0.417. The Labute approximate surface area is 92.9 Å². The monoisotopic (exact) mass is 224 g/mol. The van der Waals surface area contributed by atoms with Gasteiger partial charge in [-0.2, -0.15) is 0 Å². The quantitative estimate of drug-likeness (QED) is 0.568. The molecule has 1 saturated carbocycles. The van der Waals surface area contributed by atoms with E-state index in [1.165, 1.54) is 6.42 Å². The lowest BCUT2D eigenvalue weighted by Crippen LogP contribution is -2.11. The Bertz CT molecular complexity index is 389. The summed E-state index contributed by atoms with van der Waals surface area (Å²) < 4.78 is 25.9. The minimum atomic E-state index is -0.486. The first-order valence-electron chi connectivity index (χ1n) is 5.27. The van der Waals surface area contributed by atoms with E-state index in [0.717, 1.165) is 31.0 Å². The maximum absolute atomic E-state index is 13.1. The van der Waals surface area contributed by atoms with Gasteiger partial charge < -0.3 is 4.84 Å². The van der Waals surface area contributed by atoms with Gasteiger partial charge >= 0.3 is 0 Å². The molecule has 4 heteroatoms. The summed E-state index contributed by atoms with van der Waals surface area (Å²) >= 11 is 0. The highest BCUT2D eigenvalue weighted by Crippen LogP contribution is 2.24. The topological polar surface area (TPSA) is 21.6 Å². The first-order valence-corrected chi connectivity index (χ1v) is 5.27. The molecule has 0 atom stereocenters. The van der Waals surface area contributed by atoms with Crippen LogP contribution < -0.4 is 0 Å². The van der Waals surface area contributed by atoms with Crippen LogP contribution in [-0.4, -0.2) is 6.21 Å². The molecule has 0 saturated heterocycles. The molecule has 85 valence electrons. The van der Waals surface area contributed by atoms with Crippen molar-refractivity contribution >= 4 is 6.21 Å². The molecule has 1 aromatic carbocycles. The molecule has 1 fully saturated rings. The lowest BCUT2D eigenvalue weighted by atomic mass is 9.87. The predicted octanol–water partition coefficient (Wildman–Crippen LogP) is 3.14. The Balaban J connectivity index is 1.84. The van der Waals surface area contributed by atoms with E-state index in [4.69, 9.17) is 4.84 Å². The SMILES string of the molecule is Fc1ccc(F)c(CO/N=[C]\C2CCC2)c1.